The predicted octanol–water partition coefficient (Wildman–Crippen LogP) is 3.56. The Kier molecular flexibility index (Phi) is 3.73. The summed E-state index contributed by atoms with van der Waals surface area (Å²) in [6.45, 7) is 5.92. The first-order valence-electron chi connectivity index (χ1n) is 3.59. The molecule has 0 fully saturated rings. The van der Waals surface area contributed by atoms with E-state index < -0.39 is 0 Å². The fourth-order valence-corrected chi connectivity index (χ4v) is 2.30. The van der Waals surface area contributed by atoms with Crippen LogP contribution in [0.3, 0.4) is 0 Å². The zero-order valence-corrected chi connectivity index (χ0v) is 8.25. The van der Waals surface area contributed by atoms with Gasteiger partial charge in [0, 0.05) is 15.9 Å². The molecule has 0 aliphatic heterocycles. The Morgan fingerprint density at radius 2 is 2.64 bits per heavy atom. The van der Waals surface area contributed by atoms with E-state index in [0.717, 1.165) is 5.75 Å². The van der Waals surface area contributed by atoms with Crippen molar-refractivity contribution >= 4 is 23.1 Å². The molecule has 0 bridgehead atoms. The molecule has 1 aromatic heterocycles. The second-order valence-electron chi connectivity index (χ2n) is 2.33. The molecule has 0 radical (unpaired) electrons. The Balaban J connectivity index is 2.28. The number of hydrogen-bond acceptors (Lipinski definition) is 2. The zero-order valence-electron chi connectivity index (χ0n) is 6.62. The first kappa shape index (κ1) is 8.88. The number of rotatable bonds is 4. The summed E-state index contributed by atoms with van der Waals surface area (Å²) in [5, 5.41) is 2.69. The molecular weight excluding hydrogens is 172 g/mol. The molecule has 0 amide bonds. The largest absolute Gasteiger partial charge is 0.149 e. The van der Waals surface area contributed by atoms with Crippen molar-refractivity contribution in [3.05, 3.63) is 35.0 Å². The quantitative estimate of drug-likeness (QED) is 0.645. The van der Waals surface area contributed by atoms with E-state index in [4.69, 9.17) is 0 Å². The third-order valence-electron chi connectivity index (χ3n) is 1.40. The van der Waals surface area contributed by atoms with Gasteiger partial charge in [0.15, 0.2) is 0 Å². The molecule has 0 spiro atoms. The van der Waals surface area contributed by atoms with Gasteiger partial charge in [-0.1, -0.05) is 12.1 Å². The molecule has 0 unspecified atom stereocenters. The van der Waals surface area contributed by atoms with Crippen molar-refractivity contribution in [3.63, 3.8) is 0 Å². The molecule has 11 heavy (non-hydrogen) atoms. The van der Waals surface area contributed by atoms with Gasteiger partial charge in [0.25, 0.3) is 0 Å². The van der Waals surface area contributed by atoms with Crippen LogP contribution in [0.2, 0.25) is 0 Å². The summed E-state index contributed by atoms with van der Waals surface area (Å²) in [5.74, 6) is 1.12. The second-order valence-corrected chi connectivity index (χ2v) is 4.73. The third kappa shape index (κ3) is 3.12. The van der Waals surface area contributed by atoms with Crippen LogP contribution in [-0.2, 0) is 5.75 Å². The van der Waals surface area contributed by atoms with Crippen molar-refractivity contribution in [2.45, 2.75) is 17.9 Å². The van der Waals surface area contributed by atoms with E-state index in [1.807, 2.05) is 29.2 Å². The van der Waals surface area contributed by atoms with E-state index in [1.165, 1.54) is 4.88 Å². The first-order valence-corrected chi connectivity index (χ1v) is 5.52. The van der Waals surface area contributed by atoms with E-state index in [0.29, 0.717) is 5.25 Å². The summed E-state index contributed by atoms with van der Waals surface area (Å²) in [6, 6.07) is 4.27. The van der Waals surface area contributed by atoms with Crippen LogP contribution in [0, 0.1) is 0 Å². The van der Waals surface area contributed by atoms with Crippen LogP contribution in [0.5, 0.6) is 0 Å². The Hall–Kier alpha value is -0.210. The van der Waals surface area contributed by atoms with Gasteiger partial charge in [-0.25, -0.2) is 0 Å². The minimum absolute atomic E-state index is 0.567. The average Bonchev–Trinajstić information content (AvgIpc) is 2.52. The van der Waals surface area contributed by atoms with E-state index in [-0.39, 0.29) is 0 Å². The summed E-state index contributed by atoms with van der Waals surface area (Å²) in [5.41, 5.74) is 0. The Labute approximate surface area is 76.3 Å². The molecule has 2 heteroatoms. The maximum atomic E-state index is 3.74. The monoisotopic (exact) mass is 184 g/mol. The molecule has 0 aliphatic carbocycles. The maximum Gasteiger partial charge on any atom is 0.0284 e. The highest BCUT2D eigenvalue weighted by molar-refractivity contribution is 7.99. The number of thiophene rings is 1. The zero-order chi connectivity index (χ0) is 8.10. The normalized spacial score (nSPS) is 12.8. The van der Waals surface area contributed by atoms with Gasteiger partial charge in [0.1, 0.15) is 0 Å². The van der Waals surface area contributed by atoms with Crippen LogP contribution in [0.4, 0.5) is 0 Å². The van der Waals surface area contributed by atoms with Crippen molar-refractivity contribution in [2.75, 3.05) is 0 Å². The summed E-state index contributed by atoms with van der Waals surface area (Å²) in [6.07, 6.45) is 1.98. The molecule has 0 aromatic carbocycles. The minimum atomic E-state index is 0.567. The van der Waals surface area contributed by atoms with E-state index >= 15 is 0 Å². The third-order valence-corrected chi connectivity index (χ3v) is 3.66. The molecule has 0 saturated heterocycles. The highest BCUT2D eigenvalue weighted by atomic mass is 32.2. The van der Waals surface area contributed by atoms with Gasteiger partial charge in [0.2, 0.25) is 0 Å². The second kappa shape index (κ2) is 4.62. The predicted molar refractivity (Wildman–Crippen MR) is 55.3 cm³/mol. The molecule has 60 valence electrons. The van der Waals surface area contributed by atoms with E-state index in [2.05, 4.69) is 31.0 Å². The van der Waals surface area contributed by atoms with Crippen LogP contribution >= 0.6 is 23.1 Å². The fourth-order valence-electron chi connectivity index (χ4n) is 0.676. The lowest BCUT2D eigenvalue weighted by Crippen LogP contribution is -1.88. The minimum Gasteiger partial charge on any atom is -0.149 e. The van der Waals surface area contributed by atoms with Gasteiger partial charge < -0.3 is 0 Å². The van der Waals surface area contributed by atoms with Gasteiger partial charge >= 0.3 is 0 Å². The van der Waals surface area contributed by atoms with Crippen LogP contribution in [0.1, 0.15) is 11.8 Å². The number of thioether (sulfide) groups is 1. The number of hydrogen-bond donors (Lipinski definition) is 0. The highest BCUT2D eigenvalue weighted by Gasteiger charge is 1.97. The Morgan fingerprint density at radius 1 is 1.82 bits per heavy atom. The molecule has 0 N–H and O–H groups in total. The van der Waals surface area contributed by atoms with Gasteiger partial charge in [-0.2, -0.15) is 0 Å². The van der Waals surface area contributed by atoms with Gasteiger partial charge in [-0.3, -0.25) is 0 Å². The lowest BCUT2D eigenvalue weighted by molar-refractivity contribution is 1.24. The van der Waals surface area contributed by atoms with Gasteiger partial charge in [-0.05, 0) is 18.4 Å². The average molecular weight is 184 g/mol. The molecule has 0 nitrogen and oxygen atoms in total. The van der Waals surface area contributed by atoms with Crippen LogP contribution in [-0.4, -0.2) is 5.25 Å². The van der Waals surface area contributed by atoms with Crippen LogP contribution in [0.25, 0.3) is 0 Å². The summed E-state index contributed by atoms with van der Waals surface area (Å²) in [7, 11) is 0. The van der Waals surface area contributed by atoms with Crippen molar-refractivity contribution in [1.82, 2.24) is 0 Å². The topological polar surface area (TPSA) is 0 Å². The smallest absolute Gasteiger partial charge is 0.0284 e. The molecule has 0 saturated carbocycles. The van der Waals surface area contributed by atoms with Crippen molar-refractivity contribution < 1.29 is 0 Å². The molecule has 1 atom stereocenters. The Morgan fingerprint density at radius 3 is 3.18 bits per heavy atom. The van der Waals surface area contributed by atoms with Crippen molar-refractivity contribution in [1.29, 1.82) is 0 Å². The lowest BCUT2D eigenvalue weighted by Gasteiger charge is -2.02. The molecular formula is C9H12S2. The van der Waals surface area contributed by atoms with Crippen molar-refractivity contribution in [2.24, 2.45) is 0 Å². The van der Waals surface area contributed by atoms with E-state index in [9.17, 15) is 0 Å². The maximum absolute atomic E-state index is 3.74. The van der Waals surface area contributed by atoms with E-state index in [1.54, 1.807) is 0 Å². The van der Waals surface area contributed by atoms with Gasteiger partial charge in [-0.15, -0.1) is 29.7 Å². The SMILES string of the molecule is C=C[C@H](C)SCc1cccs1. The summed E-state index contributed by atoms with van der Waals surface area (Å²) >= 11 is 3.75. The molecule has 1 rings (SSSR count). The van der Waals surface area contributed by atoms with Crippen LogP contribution < -0.4 is 0 Å². The summed E-state index contributed by atoms with van der Waals surface area (Å²) < 4.78 is 0. The molecule has 1 aromatic rings. The van der Waals surface area contributed by atoms with Crippen molar-refractivity contribution in [3.8, 4) is 0 Å². The van der Waals surface area contributed by atoms with Gasteiger partial charge in [0.05, 0.1) is 0 Å². The molecule has 0 aliphatic rings. The first-order chi connectivity index (χ1) is 5.33. The Bertz CT molecular complexity index is 201. The fraction of sp³-hybridized carbons (Fsp3) is 0.333. The molecule has 1 heterocycles. The lowest BCUT2D eigenvalue weighted by atomic mass is 10.5. The van der Waals surface area contributed by atoms with Crippen LogP contribution in [0.15, 0.2) is 30.2 Å². The standard InChI is InChI=1S/C9H12S2/c1-3-8(2)11-7-9-5-4-6-10-9/h3-6,8H,1,7H2,2H3/t8-/m0/s1. The highest BCUT2D eigenvalue weighted by Crippen LogP contribution is 2.20. The summed E-state index contributed by atoms with van der Waals surface area (Å²) in [4.78, 5) is 1.45.